The van der Waals surface area contributed by atoms with Crippen molar-refractivity contribution in [2.75, 3.05) is 43.1 Å². The van der Waals surface area contributed by atoms with Crippen LogP contribution < -0.4 is 14.5 Å². The lowest BCUT2D eigenvalue weighted by Gasteiger charge is -2.35. The van der Waals surface area contributed by atoms with Crippen molar-refractivity contribution in [1.82, 2.24) is 20.2 Å². The zero-order chi connectivity index (χ0) is 16.5. The number of aryl methyl sites for hydroxylation is 1. The van der Waals surface area contributed by atoms with Crippen molar-refractivity contribution in [1.29, 1.82) is 0 Å². The Kier molecular flexibility index (Phi) is 3.89. The Balaban J connectivity index is 1.54. The largest absolute Gasteiger partial charge is 0.480 e. The van der Waals surface area contributed by atoms with Crippen LogP contribution in [0.5, 0.6) is 5.88 Å². The van der Waals surface area contributed by atoms with Gasteiger partial charge in [-0.3, -0.25) is 0 Å². The third-order valence-electron chi connectivity index (χ3n) is 4.21. The van der Waals surface area contributed by atoms with Gasteiger partial charge in [0.05, 0.1) is 18.0 Å². The average Bonchev–Trinajstić information content (AvgIpc) is 3.07. The third-order valence-corrected chi connectivity index (χ3v) is 5.11. The second kappa shape index (κ2) is 6.20. The highest BCUT2D eigenvalue weighted by Crippen LogP contribution is 2.28. The first-order chi connectivity index (χ1) is 11.7. The SMILES string of the molecule is COc1ncnc2ccc(N3CCN(c4nnc(C)s4)CC3)cc12. The second-order valence-electron chi connectivity index (χ2n) is 5.66. The number of methoxy groups -OCH3 is 1. The van der Waals surface area contributed by atoms with Crippen LogP contribution in [0.1, 0.15) is 5.01 Å². The van der Waals surface area contributed by atoms with Gasteiger partial charge in [0.1, 0.15) is 11.3 Å². The molecule has 0 radical (unpaired) electrons. The van der Waals surface area contributed by atoms with E-state index >= 15 is 0 Å². The number of hydrogen-bond donors (Lipinski definition) is 0. The molecule has 0 aliphatic carbocycles. The summed E-state index contributed by atoms with van der Waals surface area (Å²) in [6, 6.07) is 6.24. The molecule has 7 nitrogen and oxygen atoms in total. The molecule has 2 aromatic heterocycles. The Morgan fingerprint density at radius 1 is 1.04 bits per heavy atom. The monoisotopic (exact) mass is 342 g/mol. The maximum atomic E-state index is 5.36. The molecule has 1 saturated heterocycles. The van der Waals surface area contributed by atoms with E-state index in [1.807, 2.05) is 13.0 Å². The van der Waals surface area contributed by atoms with Gasteiger partial charge in [-0.25, -0.2) is 9.97 Å². The Morgan fingerprint density at radius 2 is 1.83 bits per heavy atom. The van der Waals surface area contributed by atoms with Crippen LogP contribution >= 0.6 is 11.3 Å². The van der Waals surface area contributed by atoms with Gasteiger partial charge in [-0.2, -0.15) is 0 Å². The molecule has 1 aliphatic heterocycles. The van der Waals surface area contributed by atoms with Crippen LogP contribution in [-0.4, -0.2) is 53.5 Å². The van der Waals surface area contributed by atoms with E-state index in [2.05, 4.69) is 42.1 Å². The lowest BCUT2D eigenvalue weighted by atomic mass is 10.2. The molecule has 1 fully saturated rings. The number of fused-ring (bicyclic) bond motifs is 1. The highest BCUT2D eigenvalue weighted by molar-refractivity contribution is 7.15. The fraction of sp³-hybridized carbons (Fsp3) is 0.375. The minimum Gasteiger partial charge on any atom is -0.480 e. The summed E-state index contributed by atoms with van der Waals surface area (Å²) in [6.07, 6.45) is 1.53. The molecule has 124 valence electrons. The predicted molar refractivity (Wildman–Crippen MR) is 95.2 cm³/mol. The first kappa shape index (κ1) is 15.1. The van der Waals surface area contributed by atoms with Crippen LogP contribution in [0.15, 0.2) is 24.5 Å². The summed E-state index contributed by atoms with van der Waals surface area (Å²) in [5.74, 6) is 0.616. The lowest BCUT2D eigenvalue weighted by molar-refractivity contribution is 0.402. The van der Waals surface area contributed by atoms with Gasteiger partial charge in [0.15, 0.2) is 0 Å². The van der Waals surface area contributed by atoms with Crippen LogP contribution in [-0.2, 0) is 0 Å². The summed E-state index contributed by atoms with van der Waals surface area (Å²) in [6.45, 7) is 5.76. The summed E-state index contributed by atoms with van der Waals surface area (Å²) in [5.41, 5.74) is 2.07. The quantitative estimate of drug-likeness (QED) is 0.722. The van der Waals surface area contributed by atoms with Crippen molar-refractivity contribution >= 4 is 33.1 Å². The van der Waals surface area contributed by atoms with Gasteiger partial charge in [-0.05, 0) is 25.1 Å². The number of hydrogen-bond acceptors (Lipinski definition) is 8. The number of nitrogens with zero attached hydrogens (tertiary/aromatic N) is 6. The number of aromatic nitrogens is 4. The first-order valence-electron chi connectivity index (χ1n) is 7.83. The molecule has 0 saturated carbocycles. The van der Waals surface area contributed by atoms with Gasteiger partial charge in [0.25, 0.3) is 0 Å². The van der Waals surface area contributed by atoms with Crippen molar-refractivity contribution in [3.05, 3.63) is 29.5 Å². The van der Waals surface area contributed by atoms with Gasteiger partial charge in [-0.1, -0.05) is 11.3 Å². The van der Waals surface area contributed by atoms with Crippen LogP contribution in [0, 0.1) is 6.92 Å². The van der Waals surface area contributed by atoms with Gasteiger partial charge >= 0.3 is 0 Å². The molecule has 4 rings (SSSR count). The first-order valence-corrected chi connectivity index (χ1v) is 8.65. The molecule has 3 heterocycles. The number of piperazine rings is 1. The van der Waals surface area contributed by atoms with Crippen molar-refractivity contribution in [3.8, 4) is 5.88 Å². The maximum Gasteiger partial charge on any atom is 0.224 e. The van der Waals surface area contributed by atoms with Crippen LogP contribution in [0.4, 0.5) is 10.8 Å². The minimum atomic E-state index is 0.616. The van der Waals surface area contributed by atoms with Crippen molar-refractivity contribution in [2.45, 2.75) is 6.92 Å². The third kappa shape index (κ3) is 2.73. The second-order valence-corrected chi connectivity index (χ2v) is 6.82. The van der Waals surface area contributed by atoms with Gasteiger partial charge < -0.3 is 14.5 Å². The molecule has 0 bridgehead atoms. The molecular weight excluding hydrogens is 324 g/mol. The fourth-order valence-electron chi connectivity index (χ4n) is 2.95. The Bertz CT molecular complexity index is 859. The van der Waals surface area contributed by atoms with Crippen LogP contribution in [0.2, 0.25) is 0 Å². The average molecular weight is 342 g/mol. The van der Waals surface area contributed by atoms with E-state index < -0.39 is 0 Å². The highest BCUT2D eigenvalue weighted by Gasteiger charge is 2.20. The number of benzene rings is 1. The van der Waals surface area contributed by atoms with E-state index in [0.29, 0.717) is 5.88 Å². The lowest BCUT2D eigenvalue weighted by Crippen LogP contribution is -2.46. The van der Waals surface area contributed by atoms with Gasteiger partial charge in [0, 0.05) is 31.9 Å². The van der Waals surface area contributed by atoms with Gasteiger partial charge in [-0.15, -0.1) is 10.2 Å². The van der Waals surface area contributed by atoms with Gasteiger partial charge in [0.2, 0.25) is 11.0 Å². The molecule has 0 atom stereocenters. The summed E-state index contributed by atoms with van der Waals surface area (Å²) >= 11 is 1.65. The Morgan fingerprint density at radius 3 is 2.54 bits per heavy atom. The van der Waals surface area contributed by atoms with E-state index in [1.54, 1.807) is 18.4 Å². The van der Waals surface area contributed by atoms with E-state index in [0.717, 1.165) is 47.2 Å². The van der Waals surface area contributed by atoms with Crippen LogP contribution in [0.25, 0.3) is 10.9 Å². The molecule has 0 N–H and O–H groups in total. The van der Waals surface area contributed by atoms with Crippen molar-refractivity contribution in [3.63, 3.8) is 0 Å². The molecule has 24 heavy (non-hydrogen) atoms. The van der Waals surface area contributed by atoms with E-state index in [-0.39, 0.29) is 0 Å². The van der Waals surface area contributed by atoms with E-state index in [9.17, 15) is 0 Å². The highest BCUT2D eigenvalue weighted by atomic mass is 32.1. The topological polar surface area (TPSA) is 67.3 Å². The zero-order valence-corrected chi connectivity index (χ0v) is 14.5. The maximum absolute atomic E-state index is 5.36. The summed E-state index contributed by atoms with van der Waals surface area (Å²) in [4.78, 5) is 13.2. The minimum absolute atomic E-state index is 0.616. The molecular formula is C16H18N6OS. The molecule has 0 amide bonds. The molecule has 3 aromatic rings. The molecule has 0 unspecified atom stereocenters. The summed E-state index contributed by atoms with van der Waals surface area (Å²) in [7, 11) is 1.64. The summed E-state index contributed by atoms with van der Waals surface area (Å²) < 4.78 is 5.36. The zero-order valence-electron chi connectivity index (χ0n) is 13.6. The molecule has 1 aromatic carbocycles. The van der Waals surface area contributed by atoms with Crippen LogP contribution in [0.3, 0.4) is 0 Å². The fourth-order valence-corrected chi connectivity index (χ4v) is 3.69. The van der Waals surface area contributed by atoms with E-state index in [1.165, 1.54) is 12.0 Å². The van der Waals surface area contributed by atoms with Crippen molar-refractivity contribution in [2.24, 2.45) is 0 Å². The predicted octanol–water partition coefficient (Wildman–Crippen LogP) is 2.12. The molecule has 0 spiro atoms. The van der Waals surface area contributed by atoms with Crippen molar-refractivity contribution < 1.29 is 4.74 Å². The number of anilines is 2. The molecule has 1 aliphatic rings. The van der Waals surface area contributed by atoms with E-state index in [4.69, 9.17) is 4.74 Å². The molecule has 8 heteroatoms. The standard InChI is InChI=1S/C16H18N6OS/c1-11-19-20-16(24-11)22-7-5-21(6-8-22)12-3-4-14-13(9-12)15(23-2)18-10-17-14/h3-4,9-10H,5-8H2,1-2H3. The Hall–Kier alpha value is -2.48. The Labute approximate surface area is 143 Å². The number of ether oxygens (including phenoxy) is 1. The summed E-state index contributed by atoms with van der Waals surface area (Å²) in [5, 5.41) is 11.3. The normalized spacial score (nSPS) is 15.1. The smallest absolute Gasteiger partial charge is 0.224 e. The number of rotatable bonds is 3.